The number of carbonyl (C=O) groups is 1. The van der Waals surface area contributed by atoms with Crippen LogP contribution in [0.3, 0.4) is 0 Å². The molecule has 1 heterocycles. The largest absolute Gasteiger partial charge is 0.313 e. The van der Waals surface area contributed by atoms with Crippen LogP contribution in [0.1, 0.15) is 26.5 Å². The molecule has 9 heteroatoms. The molecule has 0 radical (unpaired) electrons. The minimum Gasteiger partial charge on any atom is -0.313 e. The summed E-state index contributed by atoms with van der Waals surface area (Å²) in [5.41, 5.74) is 2.19. The second kappa shape index (κ2) is 9.27. The molecular weight excluding hydrogens is 431 g/mol. The van der Waals surface area contributed by atoms with Crippen molar-refractivity contribution in [3.63, 3.8) is 0 Å². The lowest BCUT2D eigenvalue weighted by Crippen LogP contribution is -2.19. The maximum atomic E-state index is 13.8. The molecule has 29 heavy (non-hydrogen) atoms. The van der Waals surface area contributed by atoms with Gasteiger partial charge in [0.1, 0.15) is 11.5 Å². The number of benzene rings is 2. The van der Waals surface area contributed by atoms with Crippen LogP contribution in [-0.4, -0.2) is 17.1 Å². The van der Waals surface area contributed by atoms with Gasteiger partial charge in [-0.05, 0) is 55.0 Å². The van der Waals surface area contributed by atoms with Crippen molar-refractivity contribution in [3.05, 3.63) is 75.0 Å². The summed E-state index contributed by atoms with van der Waals surface area (Å²) in [6, 6.07) is 13.2. The summed E-state index contributed by atoms with van der Waals surface area (Å²) >= 11 is 8.82. The number of aromatic nitrogens is 1. The Balaban J connectivity index is 2.05. The normalized spacial score (nSPS) is 10.4. The average Bonchev–Trinajstić information content (AvgIpc) is 3.10. The van der Waals surface area contributed by atoms with Crippen LogP contribution in [0.5, 0.6) is 0 Å². The first-order chi connectivity index (χ1) is 13.9. The van der Waals surface area contributed by atoms with Gasteiger partial charge in [0.25, 0.3) is 5.91 Å². The van der Waals surface area contributed by atoms with Crippen LogP contribution < -0.4 is 9.62 Å². The number of thiazole rings is 1. The standard InChI is InChI=1S/C20H16ClFN4OS2/c1-12-18(19(27)25-28-2)24-20(29-12)26(16-6-3-13(10-23)4-7-16)11-14-9-15(22)5-8-17(14)21/h3-9H,11H2,1-2H3,(H,25,27). The zero-order valence-electron chi connectivity index (χ0n) is 15.6. The fraction of sp³-hybridized carbons (Fsp3) is 0.150. The monoisotopic (exact) mass is 446 g/mol. The Morgan fingerprint density at radius 3 is 2.72 bits per heavy atom. The van der Waals surface area contributed by atoms with Crippen molar-refractivity contribution in [2.24, 2.45) is 0 Å². The molecular formula is C20H16ClFN4OS2. The fourth-order valence-electron chi connectivity index (χ4n) is 2.67. The van der Waals surface area contributed by atoms with Crippen molar-refractivity contribution in [2.75, 3.05) is 11.2 Å². The number of nitriles is 1. The highest BCUT2D eigenvalue weighted by molar-refractivity contribution is 7.97. The lowest BCUT2D eigenvalue weighted by atomic mass is 10.1. The van der Waals surface area contributed by atoms with Gasteiger partial charge in [0.05, 0.1) is 18.2 Å². The van der Waals surface area contributed by atoms with Gasteiger partial charge < -0.3 is 4.90 Å². The van der Waals surface area contributed by atoms with E-state index in [1.54, 1.807) is 30.5 Å². The summed E-state index contributed by atoms with van der Waals surface area (Å²) in [5, 5.41) is 10.1. The van der Waals surface area contributed by atoms with E-state index in [1.807, 2.05) is 11.8 Å². The minimum atomic E-state index is -0.389. The van der Waals surface area contributed by atoms with E-state index >= 15 is 0 Å². The number of carbonyl (C=O) groups excluding carboxylic acids is 1. The first-order valence-corrected chi connectivity index (χ1v) is 10.9. The zero-order valence-corrected chi connectivity index (χ0v) is 18.0. The van der Waals surface area contributed by atoms with Crippen molar-refractivity contribution in [1.82, 2.24) is 9.71 Å². The van der Waals surface area contributed by atoms with Gasteiger partial charge in [-0.1, -0.05) is 23.5 Å². The Kier molecular flexibility index (Phi) is 6.75. The molecule has 5 nitrogen and oxygen atoms in total. The van der Waals surface area contributed by atoms with Crippen LogP contribution in [0.25, 0.3) is 0 Å². The van der Waals surface area contributed by atoms with E-state index in [2.05, 4.69) is 15.8 Å². The third-order valence-corrected chi connectivity index (χ3v) is 5.82. The Morgan fingerprint density at radius 2 is 2.07 bits per heavy atom. The van der Waals surface area contributed by atoms with E-state index in [0.717, 1.165) is 10.6 Å². The molecule has 1 aromatic heterocycles. The Hall–Kier alpha value is -2.60. The van der Waals surface area contributed by atoms with Gasteiger partial charge in [-0.2, -0.15) is 5.26 Å². The molecule has 2 aromatic carbocycles. The molecule has 0 saturated carbocycles. The first-order valence-electron chi connectivity index (χ1n) is 8.45. The van der Waals surface area contributed by atoms with Crippen LogP contribution >= 0.6 is 34.9 Å². The third kappa shape index (κ3) is 4.88. The highest BCUT2D eigenvalue weighted by Crippen LogP contribution is 2.34. The second-order valence-corrected chi connectivity index (χ2v) is 8.22. The maximum absolute atomic E-state index is 13.8. The van der Waals surface area contributed by atoms with Crippen molar-refractivity contribution in [2.45, 2.75) is 13.5 Å². The summed E-state index contributed by atoms with van der Waals surface area (Å²) in [7, 11) is 0. The highest BCUT2D eigenvalue weighted by atomic mass is 35.5. The Labute approximate surface area is 181 Å². The van der Waals surface area contributed by atoms with Crippen molar-refractivity contribution in [3.8, 4) is 6.07 Å². The predicted octanol–water partition coefficient (Wildman–Crippen LogP) is 5.46. The molecule has 0 atom stereocenters. The third-order valence-electron chi connectivity index (χ3n) is 4.07. The van der Waals surface area contributed by atoms with Crippen LogP contribution in [0.4, 0.5) is 15.2 Å². The molecule has 3 rings (SSSR count). The zero-order chi connectivity index (χ0) is 21.0. The van der Waals surface area contributed by atoms with E-state index in [-0.39, 0.29) is 18.3 Å². The summed E-state index contributed by atoms with van der Waals surface area (Å²) in [6.07, 6.45) is 1.76. The van der Waals surface area contributed by atoms with Gasteiger partial charge in [-0.3, -0.25) is 9.52 Å². The number of nitrogens with zero attached hydrogens (tertiary/aromatic N) is 3. The highest BCUT2D eigenvalue weighted by Gasteiger charge is 2.21. The molecule has 1 amide bonds. The molecule has 0 aliphatic rings. The van der Waals surface area contributed by atoms with Gasteiger partial charge in [0.15, 0.2) is 5.13 Å². The number of nitrogens with one attached hydrogen (secondary N) is 1. The quantitative estimate of drug-likeness (QED) is 0.509. The topological polar surface area (TPSA) is 69.0 Å². The van der Waals surface area contributed by atoms with Crippen molar-refractivity contribution < 1.29 is 9.18 Å². The van der Waals surface area contributed by atoms with Crippen LogP contribution in [-0.2, 0) is 6.54 Å². The number of hydrogen-bond acceptors (Lipinski definition) is 6. The van der Waals surface area contributed by atoms with Gasteiger partial charge >= 0.3 is 0 Å². The molecule has 0 bridgehead atoms. The summed E-state index contributed by atoms with van der Waals surface area (Å²) < 4.78 is 16.5. The molecule has 0 spiro atoms. The minimum absolute atomic E-state index is 0.249. The molecule has 3 aromatic rings. The predicted molar refractivity (Wildman–Crippen MR) is 116 cm³/mol. The summed E-state index contributed by atoms with van der Waals surface area (Å²) in [4.78, 5) is 19.4. The molecule has 0 saturated heterocycles. The number of hydrogen-bond donors (Lipinski definition) is 1. The Bertz CT molecular complexity index is 1080. The summed E-state index contributed by atoms with van der Waals surface area (Å²) in [6.45, 7) is 2.07. The van der Waals surface area contributed by atoms with Crippen LogP contribution in [0.2, 0.25) is 5.02 Å². The number of halogens is 2. The fourth-order valence-corrected chi connectivity index (χ4v) is 4.06. The first kappa shape index (κ1) is 21.1. The molecule has 0 unspecified atom stereocenters. The molecule has 0 fully saturated rings. The average molecular weight is 447 g/mol. The lowest BCUT2D eigenvalue weighted by molar-refractivity contribution is 0.0980. The molecule has 1 N–H and O–H groups in total. The number of anilines is 2. The number of rotatable bonds is 6. The van der Waals surface area contributed by atoms with Gasteiger partial charge in [-0.25, -0.2) is 9.37 Å². The van der Waals surface area contributed by atoms with Gasteiger partial charge in [0.2, 0.25) is 0 Å². The molecule has 0 aliphatic heterocycles. The van der Waals surface area contributed by atoms with Gasteiger partial charge in [0, 0.05) is 21.8 Å². The van der Waals surface area contributed by atoms with E-state index < -0.39 is 0 Å². The summed E-state index contributed by atoms with van der Waals surface area (Å²) in [5.74, 6) is -0.666. The van der Waals surface area contributed by atoms with E-state index in [9.17, 15) is 9.18 Å². The van der Waals surface area contributed by atoms with Gasteiger partial charge in [-0.15, -0.1) is 11.3 Å². The second-order valence-electron chi connectivity index (χ2n) is 6.02. The van der Waals surface area contributed by atoms with Crippen LogP contribution in [0.15, 0.2) is 42.5 Å². The molecule has 148 valence electrons. The smallest absolute Gasteiger partial charge is 0.280 e. The van der Waals surface area contributed by atoms with E-state index in [0.29, 0.717) is 27.0 Å². The van der Waals surface area contributed by atoms with Crippen LogP contribution in [0, 0.1) is 24.1 Å². The Morgan fingerprint density at radius 1 is 1.34 bits per heavy atom. The van der Waals surface area contributed by atoms with Crippen molar-refractivity contribution >= 4 is 51.6 Å². The van der Waals surface area contributed by atoms with Crippen molar-refractivity contribution in [1.29, 1.82) is 5.26 Å². The maximum Gasteiger partial charge on any atom is 0.280 e. The van der Waals surface area contributed by atoms with E-state index in [1.165, 1.54) is 41.5 Å². The van der Waals surface area contributed by atoms with E-state index in [4.69, 9.17) is 16.9 Å². The SMILES string of the molecule is CSNC(=O)c1nc(N(Cc2cc(F)ccc2Cl)c2ccc(C#N)cc2)sc1C. The lowest BCUT2D eigenvalue weighted by Gasteiger charge is -2.23. The number of amides is 1. The number of aryl methyl sites for hydroxylation is 1. The molecule has 0 aliphatic carbocycles.